The molecule has 0 atom stereocenters. The molecule has 0 amide bonds. The summed E-state index contributed by atoms with van der Waals surface area (Å²) in [6.07, 6.45) is 2.61. The SMILES string of the molecule is c1ccc2c(c1)oc1c(-c3ccc(N4CCCC4)cc3)cccc12. The third-order valence-corrected chi connectivity index (χ3v) is 5.05. The van der Waals surface area contributed by atoms with Crippen molar-refractivity contribution in [1.82, 2.24) is 0 Å². The first kappa shape index (κ1) is 13.7. The van der Waals surface area contributed by atoms with Crippen molar-refractivity contribution in [3.8, 4) is 11.1 Å². The second-order valence-corrected chi connectivity index (χ2v) is 6.52. The van der Waals surface area contributed by atoms with Crippen molar-refractivity contribution >= 4 is 27.6 Å². The Balaban J connectivity index is 1.63. The lowest BCUT2D eigenvalue weighted by Crippen LogP contribution is -2.17. The molecular formula is C22H19NO. The van der Waals surface area contributed by atoms with Crippen molar-refractivity contribution in [2.75, 3.05) is 18.0 Å². The van der Waals surface area contributed by atoms with Gasteiger partial charge < -0.3 is 9.32 Å². The molecule has 2 heterocycles. The zero-order valence-electron chi connectivity index (χ0n) is 13.5. The molecule has 24 heavy (non-hydrogen) atoms. The molecule has 2 nitrogen and oxygen atoms in total. The van der Waals surface area contributed by atoms with Gasteiger partial charge in [0.1, 0.15) is 11.2 Å². The molecule has 1 aromatic heterocycles. The number of furan rings is 1. The van der Waals surface area contributed by atoms with Gasteiger partial charge in [0.25, 0.3) is 0 Å². The van der Waals surface area contributed by atoms with Gasteiger partial charge in [-0.15, -0.1) is 0 Å². The van der Waals surface area contributed by atoms with E-state index in [4.69, 9.17) is 4.42 Å². The summed E-state index contributed by atoms with van der Waals surface area (Å²) in [7, 11) is 0. The van der Waals surface area contributed by atoms with Gasteiger partial charge >= 0.3 is 0 Å². The summed E-state index contributed by atoms with van der Waals surface area (Å²) < 4.78 is 6.16. The van der Waals surface area contributed by atoms with Gasteiger partial charge in [-0.25, -0.2) is 0 Å². The highest BCUT2D eigenvalue weighted by molar-refractivity contribution is 6.09. The summed E-state index contributed by atoms with van der Waals surface area (Å²) in [6.45, 7) is 2.36. The van der Waals surface area contributed by atoms with Gasteiger partial charge in [0, 0.05) is 35.1 Å². The van der Waals surface area contributed by atoms with E-state index in [-0.39, 0.29) is 0 Å². The minimum Gasteiger partial charge on any atom is -0.455 e. The van der Waals surface area contributed by atoms with Crippen LogP contribution in [0, 0.1) is 0 Å². The number of hydrogen-bond acceptors (Lipinski definition) is 2. The van der Waals surface area contributed by atoms with Crippen LogP contribution in [0.4, 0.5) is 5.69 Å². The molecule has 0 N–H and O–H groups in total. The molecule has 0 bridgehead atoms. The number of benzene rings is 3. The summed E-state index contributed by atoms with van der Waals surface area (Å²) in [5.41, 5.74) is 5.63. The van der Waals surface area contributed by atoms with Gasteiger partial charge in [-0.2, -0.15) is 0 Å². The smallest absolute Gasteiger partial charge is 0.143 e. The first-order valence-corrected chi connectivity index (χ1v) is 8.66. The summed E-state index contributed by atoms with van der Waals surface area (Å²) in [5, 5.41) is 2.37. The molecule has 2 heteroatoms. The Labute approximate surface area is 141 Å². The van der Waals surface area contributed by atoms with E-state index in [2.05, 4.69) is 59.5 Å². The summed E-state index contributed by atoms with van der Waals surface area (Å²) in [5.74, 6) is 0. The van der Waals surface area contributed by atoms with Crippen molar-refractivity contribution in [2.45, 2.75) is 12.8 Å². The minimum atomic E-state index is 0.952. The predicted octanol–water partition coefficient (Wildman–Crippen LogP) is 5.85. The van der Waals surface area contributed by atoms with Crippen molar-refractivity contribution in [1.29, 1.82) is 0 Å². The summed E-state index contributed by atoms with van der Waals surface area (Å²) in [6, 6.07) is 23.6. The average molecular weight is 313 g/mol. The van der Waals surface area contributed by atoms with Gasteiger partial charge in [0.15, 0.2) is 0 Å². The Bertz CT molecular complexity index is 1010. The monoisotopic (exact) mass is 313 g/mol. The molecule has 0 spiro atoms. The van der Waals surface area contributed by atoms with Crippen molar-refractivity contribution in [2.24, 2.45) is 0 Å². The second-order valence-electron chi connectivity index (χ2n) is 6.52. The van der Waals surface area contributed by atoms with E-state index in [9.17, 15) is 0 Å². The molecule has 1 aliphatic rings. The van der Waals surface area contributed by atoms with Crippen molar-refractivity contribution in [3.05, 3.63) is 66.7 Å². The molecular weight excluding hydrogens is 294 g/mol. The van der Waals surface area contributed by atoms with Crippen LogP contribution in [-0.4, -0.2) is 13.1 Å². The maximum Gasteiger partial charge on any atom is 0.143 e. The van der Waals surface area contributed by atoms with Crippen LogP contribution in [0.25, 0.3) is 33.1 Å². The van der Waals surface area contributed by atoms with Gasteiger partial charge in [-0.1, -0.05) is 48.5 Å². The molecule has 118 valence electrons. The number of anilines is 1. The predicted molar refractivity (Wildman–Crippen MR) is 101 cm³/mol. The van der Waals surface area contributed by atoms with Crippen LogP contribution in [0.1, 0.15) is 12.8 Å². The Morgan fingerprint density at radius 2 is 1.46 bits per heavy atom. The second kappa shape index (κ2) is 5.41. The molecule has 0 aliphatic carbocycles. The zero-order valence-corrected chi connectivity index (χ0v) is 13.5. The third-order valence-electron chi connectivity index (χ3n) is 5.05. The normalized spacial score (nSPS) is 14.8. The molecule has 3 aromatic carbocycles. The quantitative estimate of drug-likeness (QED) is 0.461. The van der Waals surface area contributed by atoms with Crippen LogP contribution in [0.5, 0.6) is 0 Å². The third kappa shape index (κ3) is 2.10. The number of hydrogen-bond donors (Lipinski definition) is 0. The summed E-state index contributed by atoms with van der Waals surface area (Å²) in [4.78, 5) is 2.46. The van der Waals surface area contributed by atoms with E-state index in [0.717, 1.165) is 16.7 Å². The highest BCUT2D eigenvalue weighted by Gasteiger charge is 2.14. The fourth-order valence-corrected chi connectivity index (χ4v) is 3.80. The Kier molecular flexibility index (Phi) is 3.08. The summed E-state index contributed by atoms with van der Waals surface area (Å²) >= 11 is 0. The lowest BCUT2D eigenvalue weighted by molar-refractivity contribution is 0.670. The molecule has 0 unspecified atom stereocenters. The molecule has 4 aromatic rings. The number of nitrogens with zero attached hydrogens (tertiary/aromatic N) is 1. The largest absolute Gasteiger partial charge is 0.455 e. The highest BCUT2D eigenvalue weighted by Crippen LogP contribution is 2.36. The Morgan fingerprint density at radius 3 is 2.29 bits per heavy atom. The van der Waals surface area contributed by atoms with Crippen molar-refractivity contribution < 1.29 is 4.42 Å². The molecule has 5 rings (SSSR count). The molecule has 1 fully saturated rings. The van der Waals surface area contributed by atoms with Gasteiger partial charge in [0.05, 0.1) is 0 Å². The number of para-hydroxylation sites is 2. The average Bonchev–Trinajstić information content (AvgIpc) is 3.29. The molecule has 1 saturated heterocycles. The van der Waals surface area contributed by atoms with E-state index in [1.54, 1.807) is 0 Å². The van der Waals surface area contributed by atoms with E-state index in [1.807, 2.05) is 12.1 Å². The van der Waals surface area contributed by atoms with Gasteiger partial charge in [0.2, 0.25) is 0 Å². The number of rotatable bonds is 2. The Morgan fingerprint density at radius 1 is 0.708 bits per heavy atom. The van der Waals surface area contributed by atoms with Crippen LogP contribution < -0.4 is 4.90 Å². The van der Waals surface area contributed by atoms with Crippen LogP contribution >= 0.6 is 0 Å². The topological polar surface area (TPSA) is 16.4 Å². The lowest BCUT2D eigenvalue weighted by Gasteiger charge is -2.17. The Hall–Kier alpha value is -2.74. The van der Waals surface area contributed by atoms with Crippen LogP contribution in [0.2, 0.25) is 0 Å². The van der Waals surface area contributed by atoms with Crippen molar-refractivity contribution in [3.63, 3.8) is 0 Å². The number of fused-ring (bicyclic) bond motifs is 3. The minimum absolute atomic E-state index is 0.952. The molecule has 0 radical (unpaired) electrons. The van der Waals surface area contributed by atoms with E-state index < -0.39 is 0 Å². The maximum atomic E-state index is 6.16. The fraction of sp³-hybridized carbons (Fsp3) is 0.182. The lowest BCUT2D eigenvalue weighted by atomic mass is 10.0. The van der Waals surface area contributed by atoms with Crippen LogP contribution in [0.3, 0.4) is 0 Å². The molecule has 0 saturated carbocycles. The standard InChI is InChI=1S/C22H19NO/c1-2-9-21-19(6-1)20-8-5-7-18(22(20)24-21)16-10-12-17(13-11-16)23-14-3-4-15-23/h1-2,5-13H,3-4,14-15H2. The van der Waals surface area contributed by atoms with E-state index in [1.165, 1.54) is 48.0 Å². The van der Waals surface area contributed by atoms with E-state index >= 15 is 0 Å². The highest BCUT2D eigenvalue weighted by atomic mass is 16.3. The van der Waals surface area contributed by atoms with Gasteiger partial charge in [-0.05, 0) is 36.6 Å². The van der Waals surface area contributed by atoms with Gasteiger partial charge in [-0.3, -0.25) is 0 Å². The van der Waals surface area contributed by atoms with Crippen LogP contribution in [0.15, 0.2) is 71.1 Å². The fourth-order valence-electron chi connectivity index (χ4n) is 3.80. The first-order valence-electron chi connectivity index (χ1n) is 8.66. The first-order chi connectivity index (χ1) is 11.9. The maximum absolute atomic E-state index is 6.16. The zero-order chi connectivity index (χ0) is 15.9. The van der Waals surface area contributed by atoms with E-state index in [0.29, 0.717) is 0 Å². The molecule has 1 aliphatic heterocycles. The van der Waals surface area contributed by atoms with Crippen LogP contribution in [-0.2, 0) is 0 Å².